The third-order valence-electron chi connectivity index (χ3n) is 4.14. The first-order chi connectivity index (χ1) is 10.1. The monoisotopic (exact) mass is 328 g/mol. The van der Waals surface area contributed by atoms with Gasteiger partial charge in [-0.25, -0.2) is 8.42 Å². The predicted molar refractivity (Wildman–Crippen MR) is 86.8 cm³/mol. The van der Waals surface area contributed by atoms with Crippen LogP contribution < -0.4 is 10.2 Å². The molecule has 1 aromatic rings. The smallest absolute Gasteiger partial charge is 0.152 e. The van der Waals surface area contributed by atoms with Crippen LogP contribution >= 0.6 is 11.6 Å². The van der Waals surface area contributed by atoms with Gasteiger partial charge in [0.05, 0.1) is 11.5 Å². The van der Waals surface area contributed by atoms with E-state index in [2.05, 4.69) is 10.2 Å². The number of benzene rings is 1. The molecular weight excluding hydrogens is 308 g/mol. The van der Waals surface area contributed by atoms with Gasteiger partial charge in [0.1, 0.15) is 0 Å². The first kappa shape index (κ1) is 15.1. The van der Waals surface area contributed by atoms with E-state index in [1.807, 2.05) is 18.2 Å². The summed E-state index contributed by atoms with van der Waals surface area (Å²) in [5, 5.41) is 4.25. The van der Waals surface area contributed by atoms with E-state index >= 15 is 0 Å². The van der Waals surface area contributed by atoms with Gasteiger partial charge >= 0.3 is 0 Å². The summed E-state index contributed by atoms with van der Waals surface area (Å²) < 4.78 is 23.5. The molecule has 2 aliphatic rings. The molecule has 0 atom stereocenters. The highest BCUT2D eigenvalue weighted by atomic mass is 35.5. The van der Waals surface area contributed by atoms with Crippen molar-refractivity contribution < 1.29 is 8.42 Å². The molecule has 6 heteroatoms. The molecule has 1 saturated heterocycles. The summed E-state index contributed by atoms with van der Waals surface area (Å²) in [5.41, 5.74) is 2.16. The number of halogens is 1. The molecule has 0 spiro atoms. The molecule has 3 rings (SSSR count). The zero-order chi connectivity index (χ0) is 14.9. The van der Waals surface area contributed by atoms with Crippen LogP contribution in [-0.2, 0) is 16.4 Å². The summed E-state index contributed by atoms with van der Waals surface area (Å²) >= 11 is 6.36. The van der Waals surface area contributed by atoms with Crippen LogP contribution in [0.25, 0.3) is 0 Å². The maximum atomic E-state index is 11.8. The molecule has 116 valence electrons. The molecule has 0 aromatic heterocycles. The Labute approximate surface area is 131 Å². The molecule has 1 heterocycles. The third-order valence-corrected chi connectivity index (χ3v) is 6.20. The Morgan fingerprint density at radius 2 is 2.05 bits per heavy atom. The number of hydrogen-bond acceptors (Lipinski definition) is 4. The van der Waals surface area contributed by atoms with Crippen LogP contribution in [-0.4, -0.2) is 39.1 Å². The van der Waals surface area contributed by atoms with Crippen LogP contribution in [0.4, 0.5) is 5.69 Å². The van der Waals surface area contributed by atoms with Crippen molar-refractivity contribution in [3.8, 4) is 0 Å². The highest BCUT2D eigenvalue weighted by Gasteiger charge is 2.24. The molecule has 4 nitrogen and oxygen atoms in total. The van der Waals surface area contributed by atoms with Crippen molar-refractivity contribution in [2.24, 2.45) is 0 Å². The maximum Gasteiger partial charge on any atom is 0.152 e. The molecule has 21 heavy (non-hydrogen) atoms. The lowest BCUT2D eigenvalue weighted by Gasteiger charge is -2.26. The Kier molecular flexibility index (Phi) is 4.43. The van der Waals surface area contributed by atoms with E-state index in [9.17, 15) is 8.42 Å². The molecular formula is C15H21ClN2O2S. The first-order valence-electron chi connectivity index (χ1n) is 7.51. The molecule has 1 aromatic carbocycles. The minimum absolute atomic E-state index is 0.231. The van der Waals surface area contributed by atoms with Gasteiger partial charge in [-0.05, 0) is 31.4 Å². The van der Waals surface area contributed by atoms with Crippen molar-refractivity contribution in [2.45, 2.75) is 31.8 Å². The normalized spacial score (nSPS) is 22.0. The first-order valence-corrected chi connectivity index (χ1v) is 9.71. The van der Waals surface area contributed by atoms with Crippen molar-refractivity contribution in [3.63, 3.8) is 0 Å². The van der Waals surface area contributed by atoms with Gasteiger partial charge in [-0.1, -0.05) is 17.7 Å². The highest BCUT2D eigenvalue weighted by Crippen LogP contribution is 2.30. The molecule has 0 bridgehead atoms. The second-order valence-electron chi connectivity index (χ2n) is 5.89. The van der Waals surface area contributed by atoms with Crippen molar-refractivity contribution in [1.82, 2.24) is 5.32 Å². The largest absolute Gasteiger partial charge is 0.370 e. The average molecular weight is 329 g/mol. The van der Waals surface area contributed by atoms with Gasteiger partial charge in [-0.3, -0.25) is 0 Å². The van der Waals surface area contributed by atoms with Gasteiger partial charge in [0.15, 0.2) is 9.84 Å². The molecule has 1 aliphatic heterocycles. The summed E-state index contributed by atoms with van der Waals surface area (Å²) in [6.07, 6.45) is 3.16. The Morgan fingerprint density at radius 1 is 1.24 bits per heavy atom. The lowest BCUT2D eigenvalue weighted by molar-refractivity contribution is 0.597. The standard InChI is InChI=1S/C15H21ClN2O2S/c16-14-3-1-4-15(13(14)11-17-12-5-6-12)18-7-2-9-21(19,20)10-8-18/h1,3-4,12,17H,2,5-11H2. The number of nitrogens with zero attached hydrogens (tertiary/aromatic N) is 1. The Balaban J connectivity index is 1.81. The van der Waals surface area contributed by atoms with Crippen molar-refractivity contribution in [3.05, 3.63) is 28.8 Å². The molecule has 1 N–H and O–H groups in total. The number of anilines is 1. The van der Waals surface area contributed by atoms with E-state index in [-0.39, 0.29) is 5.75 Å². The van der Waals surface area contributed by atoms with E-state index in [4.69, 9.17) is 11.6 Å². The zero-order valence-electron chi connectivity index (χ0n) is 12.0. The summed E-state index contributed by atoms with van der Waals surface area (Å²) in [5.74, 6) is 0.523. The lowest BCUT2D eigenvalue weighted by Crippen LogP contribution is -2.29. The Bertz CT molecular complexity index is 614. The molecule has 0 radical (unpaired) electrons. The number of rotatable bonds is 4. The summed E-state index contributed by atoms with van der Waals surface area (Å²) in [4.78, 5) is 2.17. The summed E-state index contributed by atoms with van der Waals surface area (Å²) in [6, 6.07) is 6.52. The Hall–Kier alpha value is -0.780. The minimum atomic E-state index is -2.89. The zero-order valence-corrected chi connectivity index (χ0v) is 13.6. The fourth-order valence-corrected chi connectivity index (χ4v) is 4.24. The minimum Gasteiger partial charge on any atom is -0.370 e. The fraction of sp³-hybridized carbons (Fsp3) is 0.600. The predicted octanol–water partition coefficient (Wildman–Crippen LogP) is 2.22. The van der Waals surface area contributed by atoms with E-state index < -0.39 is 9.84 Å². The molecule has 0 amide bonds. The van der Waals surface area contributed by atoms with E-state index in [1.54, 1.807) is 0 Å². The molecule has 1 saturated carbocycles. The number of sulfone groups is 1. The van der Waals surface area contributed by atoms with Gasteiger partial charge < -0.3 is 10.2 Å². The Morgan fingerprint density at radius 3 is 2.81 bits per heavy atom. The van der Waals surface area contributed by atoms with Crippen molar-refractivity contribution >= 4 is 27.1 Å². The van der Waals surface area contributed by atoms with Gasteiger partial charge in [-0.15, -0.1) is 0 Å². The molecule has 1 aliphatic carbocycles. The second-order valence-corrected chi connectivity index (χ2v) is 8.60. The van der Waals surface area contributed by atoms with E-state index in [0.29, 0.717) is 24.8 Å². The summed E-state index contributed by atoms with van der Waals surface area (Å²) in [6.45, 7) is 2.08. The van der Waals surface area contributed by atoms with Crippen molar-refractivity contribution in [1.29, 1.82) is 0 Å². The highest BCUT2D eigenvalue weighted by molar-refractivity contribution is 7.91. The lowest BCUT2D eigenvalue weighted by atomic mass is 10.1. The fourth-order valence-electron chi connectivity index (χ4n) is 2.73. The topological polar surface area (TPSA) is 49.4 Å². The average Bonchev–Trinajstić information content (AvgIpc) is 3.25. The van der Waals surface area contributed by atoms with Crippen LogP contribution in [0.15, 0.2) is 18.2 Å². The maximum absolute atomic E-state index is 11.8. The van der Waals surface area contributed by atoms with Crippen LogP contribution in [0.1, 0.15) is 24.8 Å². The van der Waals surface area contributed by atoms with Crippen LogP contribution in [0.2, 0.25) is 5.02 Å². The second kappa shape index (κ2) is 6.15. The van der Waals surface area contributed by atoms with E-state index in [1.165, 1.54) is 12.8 Å². The van der Waals surface area contributed by atoms with Gasteiger partial charge in [0, 0.05) is 41.9 Å². The number of nitrogens with one attached hydrogen (secondary N) is 1. The SMILES string of the molecule is O=S1(=O)CCCN(c2cccc(Cl)c2CNC2CC2)CC1. The molecule has 2 fully saturated rings. The quantitative estimate of drug-likeness (QED) is 0.920. The number of hydrogen-bond donors (Lipinski definition) is 1. The van der Waals surface area contributed by atoms with Gasteiger partial charge in [-0.2, -0.15) is 0 Å². The van der Waals surface area contributed by atoms with E-state index in [0.717, 1.165) is 29.4 Å². The third kappa shape index (κ3) is 3.90. The van der Waals surface area contributed by atoms with Crippen molar-refractivity contribution in [2.75, 3.05) is 29.5 Å². The van der Waals surface area contributed by atoms with Crippen LogP contribution in [0, 0.1) is 0 Å². The van der Waals surface area contributed by atoms with Gasteiger partial charge in [0.25, 0.3) is 0 Å². The van der Waals surface area contributed by atoms with Crippen LogP contribution in [0.3, 0.4) is 0 Å². The van der Waals surface area contributed by atoms with Crippen LogP contribution in [0.5, 0.6) is 0 Å². The molecule has 0 unspecified atom stereocenters. The summed E-state index contributed by atoms with van der Waals surface area (Å²) in [7, 11) is -2.89. The van der Waals surface area contributed by atoms with Gasteiger partial charge in [0.2, 0.25) is 0 Å².